The summed E-state index contributed by atoms with van der Waals surface area (Å²) in [5.74, 6) is 0.826. The summed E-state index contributed by atoms with van der Waals surface area (Å²) in [5, 5.41) is 16.1. The van der Waals surface area contributed by atoms with Gasteiger partial charge in [-0.15, -0.1) is 0 Å². The summed E-state index contributed by atoms with van der Waals surface area (Å²) in [6.07, 6.45) is 1.97. The van der Waals surface area contributed by atoms with Crippen molar-refractivity contribution in [2.24, 2.45) is 0 Å². The van der Waals surface area contributed by atoms with Crippen LogP contribution in [0.25, 0.3) is 0 Å². The molecule has 0 saturated carbocycles. The molecule has 0 bridgehead atoms. The molecule has 0 aliphatic heterocycles. The lowest BCUT2D eigenvalue weighted by Crippen LogP contribution is -2.37. The minimum Gasteiger partial charge on any atom is -0.335 e. The number of nitrogens with zero attached hydrogens (tertiary/aromatic N) is 1. The minimum absolute atomic E-state index is 0.0432. The molecule has 0 fully saturated rings. The summed E-state index contributed by atoms with van der Waals surface area (Å²) < 4.78 is 0. The van der Waals surface area contributed by atoms with Crippen LogP contribution in [0.2, 0.25) is 0 Å². The lowest BCUT2D eigenvalue weighted by molar-refractivity contribution is -0.385. The van der Waals surface area contributed by atoms with E-state index >= 15 is 0 Å². The van der Waals surface area contributed by atoms with Gasteiger partial charge in [0.2, 0.25) is 0 Å². The molecule has 1 atom stereocenters. The van der Waals surface area contributed by atoms with Gasteiger partial charge in [0, 0.05) is 29.1 Å². The maximum Gasteiger partial charge on any atom is 0.319 e. The zero-order valence-corrected chi connectivity index (χ0v) is 11.9. The molecule has 19 heavy (non-hydrogen) atoms. The Hall–Kier alpha value is -1.76. The van der Waals surface area contributed by atoms with Gasteiger partial charge in [-0.3, -0.25) is 10.1 Å². The standard InChI is InChI=1S/C12H17N3O3S/c1-8-6-10(4-5-11(8)15(17)18)14-12(16)13-9(2)7-19-3/h4-6,9H,7H2,1-3H3,(H2,13,14,16)/t9-/m1/s1. The second-order valence-electron chi connectivity index (χ2n) is 4.21. The number of amides is 2. The maximum absolute atomic E-state index is 11.7. The molecule has 0 spiro atoms. The van der Waals surface area contributed by atoms with Gasteiger partial charge < -0.3 is 10.6 Å². The summed E-state index contributed by atoms with van der Waals surface area (Å²) >= 11 is 1.65. The Bertz CT molecular complexity index is 479. The van der Waals surface area contributed by atoms with Crippen LogP contribution in [0.3, 0.4) is 0 Å². The van der Waals surface area contributed by atoms with Gasteiger partial charge in [0.25, 0.3) is 5.69 Å². The summed E-state index contributed by atoms with van der Waals surface area (Å²) in [7, 11) is 0. The largest absolute Gasteiger partial charge is 0.335 e. The van der Waals surface area contributed by atoms with E-state index in [1.165, 1.54) is 12.1 Å². The number of nitrogens with one attached hydrogen (secondary N) is 2. The first-order chi connectivity index (χ1) is 8.93. The fraction of sp³-hybridized carbons (Fsp3) is 0.417. The number of urea groups is 1. The van der Waals surface area contributed by atoms with Crippen molar-refractivity contribution in [3.05, 3.63) is 33.9 Å². The monoisotopic (exact) mass is 283 g/mol. The molecule has 0 saturated heterocycles. The van der Waals surface area contributed by atoms with E-state index in [4.69, 9.17) is 0 Å². The van der Waals surface area contributed by atoms with Gasteiger partial charge in [-0.2, -0.15) is 11.8 Å². The zero-order chi connectivity index (χ0) is 14.4. The summed E-state index contributed by atoms with van der Waals surface area (Å²) in [6, 6.07) is 4.24. The van der Waals surface area contributed by atoms with Gasteiger partial charge in [-0.1, -0.05) is 0 Å². The number of hydrogen-bond acceptors (Lipinski definition) is 4. The highest BCUT2D eigenvalue weighted by Gasteiger charge is 2.12. The fourth-order valence-electron chi connectivity index (χ4n) is 1.62. The van der Waals surface area contributed by atoms with Crippen LogP contribution in [-0.2, 0) is 0 Å². The smallest absolute Gasteiger partial charge is 0.319 e. The van der Waals surface area contributed by atoms with E-state index in [9.17, 15) is 14.9 Å². The fourth-order valence-corrected chi connectivity index (χ4v) is 2.20. The molecule has 1 aromatic rings. The number of nitro groups is 1. The van der Waals surface area contributed by atoms with Gasteiger partial charge >= 0.3 is 6.03 Å². The van der Waals surface area contributed by atoms with E-state index < -0.39 is 4.92 Å². The predicted molar refractivity (Wildman–Crippen MR) is 77.8 cm³/mol. The number of thioether (sulfide) groups is 1. The summed E-state index contributed by atoms with van der Waals surface area (Å²) in [5.41, 5.74) is 1.10. The number of nitro benzene ring substituents is 1. The van der Waals surface area contributed by atoms with E-state index in [1.54, 1.807) is 24.8 Å². The second-order valence-corrected chi connectivity index (χ2v) is 5.12. The van der Waals surface area contributed by atoms with Gasteiger partial charge in [0.1, 0.15) is 0 Å². The molecule has 2 N–H and O–H groups in total. The predicted octanol–water partition coefficient (Wildman–Crippen LogP) is 2.78. The van der Waals surface area contributed by atoms with E-state index in [1.807, 2.05) is 13.2 Å². The average Bonchev–Trinajstić information content (AvgIpc) is 2.28. The Kier molecular flexibility index (Phi) is 5.62. The van der Waals surface area contributed by atoms with Gasteiger partial charge in [0.15, 0.2) is 0 Å². The molecule has 7 heteroatoms. The highest BCUT2D eigenvalue weighted by Crippen LogP contribution is 2.21. The number of carbonyl (C=O) groups is 1. The lowest BCUT2D eigenvalue weighted by atomic mass is 10.2. The molecule has 0 aliphatic rings. The van der Waals surface area contributed by atoms with Crippen molar-refractivity contribution >= 4 is 29.2 Å². The van der Waals surface area contributed by atoms with Gasteiger partial charge in [-0.25, -0.2) is 4.79 Å². The SMILES string of the molecule is CSC[C@@H](C)NC(=O)Nc1ccc([N+](=O)[O-])c(C)c1. The van der Waals surface area contributed by atoms with E-state index in [0.717, 1.165) is 5.75 Å². The number of carbonyl (C=O) groups excluding carboxylic acids is 1. The third-order valence-corrected chi connectivity index (χ3v) is 3.28. The molecule has 0 aliphatic carbocycles. The first-order valence-corrected chi connectivity index (χ1v) is 7.15. The number of hydrogen-bond donors (Lipinski definition) is 2. The normalized spacial score (nSPS) is 11.7. The van der Waals surface area contributed by atoms with Crippen LogP contribution in [0.1, 0.15) is 12.5 Å². The number of benzene rings is 1. The first-order valence-electron chi connectivity index (χ1n) is 5.75. The molecule has 6 nitrogen and oxygen atoms in total. The van der Waals surface area contributed by atoms with E-state index in [-0.39, 0.29) is 17.8 Å². The average molecular weight is 283 g/mol. The van der Waals surface area contributed by atoms with Crippen LogP contribution < -0.4 is 10.6 Å². The molecule has 104 valence electrons. The Morgan fingerprint density at radius 1 is 1.53 bits per heavy atom. The molecule has 0 radical (unpaired) electrons. The molecule has 0 aromatic heterocycles. The highest BCUT2D eigenvalue weighted by molar-refractivity contribution is 7.98. The maximum atomic E-state index is 11.7. The number of aryl methyl sites for hydroxylation is 1. The van der Waals surface area contributed by atoms with Gasteiger partial charge in [-0.05, 0) is 32.2 Å². The third-order valence-electron chi connectivity index (χ3n) is 2.45. The van der Waals surface area contributed by atoms with Crippen molar-refractivity contribution < 1.29 is 9.72 Å². The zero-order valence-electron chi connectivity index (χ0n) is 11.1. The Balaban J connectivity index is 2.65. The van der Waals surface area contributed by atoms with Crippen LogP contribution in [0.15, 0.2) is 18.2 Å². The van der Waals surface area contributed by atoms with Crippen LogP contribution in [0, 0.1) is 17.0 Å². The van der Waals surface area contributed by atoms with Crippen LogP contribution >= 0.6 is 11.8 Å². The quantitative estimate of drug-likeness (QED) is 0.643. The molecule has 0 unspecified atom stereocenters. The van der Waals surface area contributed by atoms with Gasteiger partial charge in [0.05, 0.1) is 4.92 Å². The van der Waals surface area contributed by atoms with E-state index in [0.29, 0.717) is 11.3 Å². The Morgan fingerprint density at radius 3 is 2.74 bits per heavy atom. The lowest BCUT2D eigenvalue weighted by Gasteiger charge is -2.13. The highest BCUT2D eigenvalue weighted by atomic mass is 32.2. The van der Waals surface area contributed by atoms with Crippen LogP contribution in [0.5, 0.6) is 0 Å². The van der Waals surface area contributed by atoms with Crippen molar-refractivity contribution in [3.8, 4) is 0 Å². The molecular formula is C12H17N3O3S. The van der Waals surface area contributed by atoms with Crippen molar-refractivity contribution in [1.29, 1.82) is 0 Å². The van der Waals surface area contributed by atoms with Crippen molar-refractivity contribution in [2.75, 3.05) is 17.3 Å². The molecule has 1 rings (SSSR count). The number of anilines is 1. The van der Waals surface area contributed by atoms with E-state index in [2.05, 4.69) is 10.6 Å². The van der Waals surface area contributed by atoms with Crippen LogP contribution in [0.4, 0.5) is 16.2 Å². The van der Waals surface area contributed by atoms with Crippen molar-refractivity contribution in [3.63, 3.8) is 0 Å². The topological polar surface area (TPSA) is 84.3 Å². The number of rotatable bonds is 5. The van der Waals surface area contributed by atoms with Crippen molar-refractivity contribution in [1.82, 2.24) is 5.32 Å². The minimum atomic E-state index is -0.445. The van der Waals surface area contributed by atoms with Crippen LogP contribution in [-0.4, -0.2) is 29.0 Å². The first kappa shape index (κ1) is 15.3. The molecule has 1 aromatic carbocycles. The second kappa shape index (κ2) is 6.98. The Labute approximate surface area is 116 Å². The Morgan fingerprint density at radius 2 is 2.21 bits per heavy atom. The van der Waals surface area contributed by atoms with Crippen molar-refractivity contribution in [2.45, 2.75) is 19.9 Å². The third kappa shape index (κ3) is 4.78. The summed E-state index contributed by atoms with van der Waals surface area (Å²) in [6.45, 7) is 3.55. The molecule has 0 heterocycles. The molecular weight excluding hydrogens is 266 g/mol. The molecule has 2 amide bonds. The summed E-state index contributed by atoms with van der Waals surface area (Å²) in [4.78, 5) is 21.9.